The van der Waals surface area contributed by atoms with Gasteiger partial charge in [-0.1, -0.05) is 23.7 Å². The molecule has 0 atom stereocenters. The number of halogens is 1. The Kier molecular flexibility index (Phi) is 6.92. The molecule has 7 heteroatoms. The van der Waals surface area contributed by atoms with Gasteiger partial charge in [0.1, 0.15) is 23.9 Å². The van der Waals surface area contributed by atoms with E-state index in [4.69, 9.17) is 21.1 Å². The maximum Gasteiger partial charge on any atom is 0.224 e. The first-order chi connectivity index (χ1) is 13.6. The van der Waals surface area contributed by atoms with E-state index in [-0.39, 0.29) is 0 Å². The highest BCUT2D eigenvalue weighted by molar-refractivity contribution is 6.30. The lowest BCUT2D eigenvalue weighted by atomic mass is 10.2. The largest absolute Gasteiger partial charge is 0.497 e. The van der Waals surface area contributed by atoms with Crippen molar-refractivity contribution in [2.45, 2.75) is 13.5 Å². The van der Waals surface area contributed by atoms with Crippen molar-refractivity contribution < 1.29 is 9.47 Å². The van der Waals surface area contributed by atoms with Crippen LogP contribution in [-0.2, 0) is 6.54 Å². The highest BCUT2D eigenvalue weighted by Gasteiger charge is 2.03. The van der Waals surface area contributed by atoms with E-state index in [1.165, 1.54) is 0 Å². The molecule has 0 fully saturated rings. The topological polar surface area (TPSA) is 68.3 Å². The Hall–Kier alpha value is -2.99. The van der Waals surface area contributed by atoms with Crippen LogP contribution in [-0.4, -0.2) is 30.2 Å². The second-order valence-electron chi connectivity index (χ2n) is 6.15. The summed E-state index contributed by atoms with van der Waals surface area (Å²) in [5.74, 6) is 2.92. The van der Waals surface area contributed by atoms with E-state index in [1.807, 2.05) is 61.5 Å². The van der Waals surface area contributed by atoms with Crippen molar-refractivity contribution in [1.82, 2.24) is 9.97 Å². The van der Waals surface area contributed by atoms with Crippen molar-refractivity contribution in [1.29, 1.82) is 0 Å². The van der Waals surface area contributed by atoms with E-state index < -0.39 is 0 Å². The van der Waals surface area contributed by atoms with Gasteiger partial charge >= 0.3 is 0 Å². The minimum absolute atomic E-state index is 0.497. The molecule has 28 heavy (non-hydrogen) atoms. The first kappa shape index (κ1) is 19.8. The quantitative estimate of drug-likeness (QED) is 0.515. The van der Waals surface area contributed by atoms with Crippen LogP contribution in [0.25, 0.3) is 0 Å². The first-order valence-electron chi connectivity index (χ1n) is 8.97. The Morgan fingerprint density at radius 2 is 1.64 bits per heavy atom. The summed E-state index contributed by atoms with van der Waals surface area (Å²) in [7, 11) is 1.64. The summed E-state index contributed by atoms with van der Waals surface area (Å²) < 4.78 is 10.8. The van der Waals surface area contributed by atoms with Crippen molar-refractivity contribution in [3.05, 3.63) is 70.9 Å². The minimum atomic E-state index is 0.497. The van der Waals surface area contributed by atoms with Gasteiger partial charge in [0.2, 0.25) is 5.95 Å². The van der Waals surface area contributed by atoms with E-state index in [0.717, 1.165) is 33.6 Å². The van der Waals surface area contributed by atoms with Gasteiger partial charge in [-0.15, -0.1) is 0 Å². The van der Waals surface area contributed by atoms with Crippen LogP contribution in [0.5, 0.6) is 11.5 Å². The molecule has 146 valence electrons. The number of ether oxygens (including phenoxy) is 2. The van der Waals surface area contributed by atoms with Gasteiger partial charge in [-0.25, -0.2) is 4.98 Å². The number of methoxy groups -OCH3 is 1. The molecule has 1 aromatic heterocycles. The SMILES string of the molecule is COc1ccc(OCCNc2nc(C)cc(NCc3ccc(Cl)cc3)n2)cc1. The summed E-state index contributed by atoms with van der Waals surface area (Å²) in [5.41, 5.74) is 2.01. The molecule has 6 nitrogen and oxygen atoms in total. The van der Waals surface area contributed by atoms with Crippen LogP contribution >= 0.6 is 11.6 Å². The van der Waals surface area contributed by atoms with Crippen LogP contribution < -0.4 is 20.1 Å². The average molecular weight is 399 g/mol. The van der Waals surface area contributed by atoms with Crippen LogP contribution in [0.1, 0.15) is 11.3 Å². The molecule has 3 aromatic rings. The van der Waals surface area contributed by atoms with Gasteiger partial charge in [0, 0.05) is 23.3 Å². The lowest BCUT2D eigenvalue weighted by Crippen LogP contribution is -2.14. The fourth-order valence-electron chi connectivity index (χ4n) is 2.54. The second kappa shape index (κ2) is 9.80. The maximum absolute atomic E-state index is 5.92. The molecule has 0 unspecified atom stereocenters. The highest BCUT2D eigenvalue weighted by Crippen LogP contribution is 2.17. The summed E-state index contributed by atoms with van der Waals surface area (Å²) in [5, 5.41) is 7.23. The molecule has 3 rings (SSSR count). The molecule has 0 aliphatic rings. The monoisotopic (exact) mass is 398 g/mol. The second-order valence-corrected chi connectivity index (χ2v) is 6.59. The van der Waals surface area contributed by atoms with Crippen LogP contribution in [0, 0.1) is 6.92 Å². The third-order valence-electron chi connectivity index (χ3n) is 3.95. The van der Waals surface area contributed by atoms with Crippen LogP contribution in [0.3, 0.4) is 0 Å². The molecule has 1 heterocycles. The number of aromatic nitrogens is 2. The Morgan fingerprint density at radius 1 is 0.929 bits per heavy atom. The number of hydrogen-bond acceptors (Lipinski definition) is 6. The van der Waals surface area contributed by atoms with Gasteiger partial charge < -0.3 is 20.1 Å². The minimum Gasteiger partial charge on any atom is -0.497 e. The number of nitrogens with one attached hydrogen (secondary N) is 2. The number of anilines is 2. The molecule has 2 N–H and O–H groups in total. The van der Waals surface area contributed by atoms with Crippen LogP contribution in [0.15, 0.2) is 54.6 Å². The molecule has 0 radical (unpaired) electrons. The van der Waals surface area contributed by atoms with Gasteiger partial charge in [-0.2, -0.15) is 4.98 Å². The Labute approximate surface area is 169 Å². The van der Waals surface area contributed by atoms with Gasteiger partial charge in [0.05, 0.1) is 13.7 Å². The molecule has 0 aliphatic heterocycles. The average Bonchev–Trinajstić information content (AvgIpc) is 2.71. The normalized spacial score (nSPS) is 10.4. The Morgan fingerprint density at radius 3 is 2.36 bits per heavy atom. The summed E-state index contributed by atoms with van der Waals surface area (Å²) >= 11 is 5.92. The molecular formula is C21H23ClN4O2. The smallest absolute Gasteiger partial charge is 0.224 e. The van der Waals surface area contributed by atoms with Crippen molar-refractivity contribution in [2.24, 2.45) is 0 Å². The molecule has 0 saturated carbocycles. The van der Waals surface area contributed by atoms with E-state index in [1.54, 1.807) is 7.11 Å². The van der Waals surface area contributed by atoms with Crippen molar-refractivity contribution in [2.75, 3.05) is 30.9 Å². The molecule has 0 bridgehead atoms. The fourth-order valence-corrected chi connectivity index (χ4v) is 2.66. The summed E-state index contributed by atoms with van der Waals surface area (Å²) in [6, 6.07) is 17.1. The third kappa shape index (κ3) is 6.03. The molecule has 0 saturated heterocycles. The van der Waals surface area contributed by atoms with E-state index in [9.17, 15) is 0 Å². The fraction of sp³-hybridized carbons (Fsp3) is 0.238. The zero-order valence-corrected chi connectivity index (χ0v) is 16.7. The van der Waals surface area contributed by atoms with Gasteiger partial charge in [0.15, 0.2) is 0 Å². The highest BCUT2D eigenvalue weighted by atomic mass is 35.5. The number of benzene rings is 2. The van der Waals surface area contributed by atoms with Crippen molar-refractivity contribution >= 4 is 23.4 Å². The number of nitrogens with zero attached hydrogens (tertiary/aromatic N) is 2. The zero-order valence-electron chi connectivity index (χ0n) is 15.9. The first-order valence-corrected chi connectivity index (χ1v) is 9.35. The molecular weight excluding hydrogens is 376 g/mol. The summed E-state index contributed by atoms with van der Waals surface area (Å²) in [6.07, 6.45) is 0. The summed E-state index contributed by atoms with van der Waals surface area (Å²) in [6.45, 7) is 3.69. The third-order valence-corrected chi connectivity index (χ3v) is 4.21. The number of hydrogen-bond donors (Lipinski definition) is 2. The van der Waals surface area contributed by atoms with Crippen LogP contribution in [0.2, 0.25) is 5.02 Å². The standard InChI is InChI=1S/C21H23ClN4O2/c1-15-13-20(24-14-16-3-5-17(22)6-4-16)26-21(25-15)23-11-12-28-19-9-7-18(27-2)8-10-19/h3-10,13H,11-12,14H2,1-2H3,(H2,23,24,25,26). The Balaban J connectivity index is 1.48. The molecule has 0 spiro atoms. The molecule has 0 amide bonds. The van der Waals surface area contributed by atoms with E-state index in [0.29, 0.717) is 25.6 Å². The van der Waals surface area contributed by atoms with E-state index in [2.05, 4.69) is 20.6 Å². The Bertz CT molecular complexity index is 886. The molecule has 0 aliphatic carbocycles. The van der Waals surface area contributed by atoms with Crippen molar-refractivity contribution in [3.63, 3.8) is 0 Å². The number of rotatable bonds is 9. The predicted molar refractivity (Wildman–Crippen MR) is 113 cm³/mol. The van der Waals surface area contributed by atoms with Crippen LogP contribution in [0.4, 0.5) is 11.8 Å². The summed E-state index contributed by atoms with van der Waals surface area (Å²) in [4.78, 5) is 8.92. The lowest BCUT2D eigenvalue weighted by Gasteiger charge is -2.11. The van der Waals surface area contributed by atoms with Gasteiger partial charge in [-0.05, 0) is 48.9 Å². The molecule has 2 aromatic carbocycles. The van der Waals surface area contributed by atoms with E-state index >= 15 is 0 Å². The number of aryl methyl sites for hydroxylation is 1. The zero-order chi connectivity index (χ0) is 19.8. The van der Waals surface area contributed by atoms with Gasteiger partial charge in [-0.3, -0.25) is 0 Å². The lowest BCUT2D eigenvalue weighted by molar-refractivity contribution is 0.331. The predicted octanol–water partition coefficient (Wildman–Crippen LogP) is 4.55. The van der Waals surface area contributed by atoms with Crippen molar-refractivity contribution in [3.8, 4) is 11.5 Å². The maximum atomic E-state index is 5.92. The van der Waals surface area contributed by atoms with Gasteiger partial charge in [0.25, 0.3) is 0 Å².